The van der Waals surface area contributed by atoms with E-state index in [1.165, 1.54) is 25.9 Å². The van der Waals surface area contributed by atoms with Gasteiger partial charge in [-0.3, -0.25) is 4.98 Å². The Morgan fingerprint density at radius 2 is 2.30 bits per heavy atom. The molecular formula is C14H19N5O. The number of rotatable bonds is 4. The van der Waals surface area contributed by atoms with Crippen LogP contribution in [0.1, 0.15) is 25.2 Å². The lowest BCUT2D eigenvalue weighted by molar-refractivity contribution is 0.200. The minimum atomic E-state index is 0.453. The molecule has 6 heteroatoms. The third-order valence-corrected chi connectivity index (χ3v) is 3.74. The Bertz CT molecular complexity index is 542. The van der Waals surface area contributed by atoms with E-state index >= 15 is 0 Å². The number of likely N-dealkylation sites (tertiary alicyclic amines) is 1. The van der Waals surface area contributed by atoms with Gasteiger partial charge in [-0.25, -0.2) is 4.98 Å². The van der Waals surface area contributed by atoms with Gasteiger partial charge in [0.15, 0.2) is 0 Å². The molecule has 2 aromatic rings. The Labute approximate surface area is 118 Å². The lowest BCUT2D eigenvalue weighted by atomic mass is 9.94. The number of hydrogen-bond donors (Lipinski definition) is 0. The summed E-state index contributed by atoms with van der Waals surface area (Å²) in [6, 6.07) is 0. The fourth-order valence-electron chi connectivity index (χ4n) is 2.70. The molecule has 0 radical (unpaired) electrons. The molecule has 1 aliphatic heterocycles. The number of aromatic nitrogens is 4. The van der Waals surface area contributed by atoms with E-state index in [0.29, 0.717) is 17.5 Å². The maximum atomic E-state index is 5.65. The van der Waals surface area contributed by atoms with Crippen LogP contribution in [0, 0.1) is 5.92 Å². The van der Waals surface area contributed by atoms with Gasteiger partial charge >= 0.3 is 0 Å². The summed E-state index contributed by atoms with van der Waals surface area (Å²) >= 11 is 0. The van der Waals surface area contributed by atoms with Crippen LogP contribution in [0.25, 0.3) is 11.6 Å². The van der Waals surface area contributed by atoms with Gasteiger partial charge in [-0.05, 0) is 38.8 Å². The number of hydrogen-bond acceptors (Lipinski definition) is 6. The Morgan fingerprint density at radius 3 is 3.10 bits per heavy atom. The van der Waals surface area contributed by atoms with Crippen LogP contribution >= 0.6 is 0 Å². The molecule has 1 unspecified atom stereocenters. The van der Waals surface area contributed by atoms with E-state index in [-0.39, 0.29) is 0 Å². The number of nitrogens with zero attached hydrogens (tertiary/aromatic N) is 5. The van der Waals surface area contributed by atoms with Crippen molar-refractivity contribution in [1.29, 1.82) is 0 Å². The molecule has 6 nitrogen and oxygen atoms in total. The van der Waals surface area contributed by atoms with Crippen molar-refractivity contribution in [2.24, 2.45) is 5.92 Å². The van der Waals surface area contributed by atoms with Crippen LogP contribution in [-0.4, -0.2) is 45.2 Å². The molecule has 3 heterocycles. The van der Waals surface area contributed by atoms with E-state index in [9.17, 15) is 0 Å². The van der Waals surface area contributed by atoms with Gasteiger partial charge in [0.25, 0.3) is 5.89 Å². The normalized spacial score (nSPS) is 20.1. The SMILES string of the molecule is CN1CCCC(CCc2nnc(-c3cnccn3)o2)C1. The first-order chi connectivity index (χ1) is 9.81. The van der Waals surface area contributed by atoms with E-state index < -0.39 is 0 Å². The van der Waals surface area contributed by atoms with E-state index in [0.717, 1.165) is 18.8 Å². The molecule has 1 atom stereocenters. The molecule has 1 fully saturated rings. The molecule has 0 N–H and O–H groups in total. The van der Waals surface area contributed by atoms with Crippen LogP contribution in [0.2, 0.25) is 0 Å². The van der Waals surface area contributed by atoms with Crippen molar-refractivity contribution in [2.75, 3.05) is 20.1 Å². The van der Waals surface area contributed by atoms with Gasteiger partial charge in [0, 0.05) is 25.4 Å². The van der Waals surface area contributed by atoms with Crippen LogP contribution < -0.4 is 0 Å². The van der Waals surface area contributed by atoms with Crippen molar-refractivity contribution in [3.05, 3.63) is 24.5 Å². The zero-order valence-electron chi connectivity index (χ0n) is 11.7. The predicted molar refractivity (Wildman–Crippen MR) is 73.9 cm³/mol. The highest BCUT2D eigenvalue weighted by Crippen LogP contribution is 2.21. The Morgan fingerprint density at radius 1 is 1.35 bits per heavy atom. The van der Waals surface area contributed by atoms with Crippen molar-refractivity contribution in [3.63, 3.8) is 0 Å². The average Bonchev–Trinajstić information content (AvgIpc) is 2.95. The average molecular weight is 273 g/mol. The molecule has 0 saturated carbocycles. The summed E-state index contributed by atoms with van der Waals surface area (Å²) < 4.78 is 5.65. The topological polar surface area (TPSA) is 67.9 Å². The van der Waals surface area contributed by atoms with Gasteiger partial charge in [-0.15, -0.1) is 10.2 Å². The fourth-order valence-corrected chi connectivity index (χ4v) is 2.70. The van der Waals surface area contributed by atoms with Crippen LogP contribution in [0.3, 0.4) is 0 Å². The third kappa shape index (κ3) is 3.19. The second-order valence-electron chi connectivity index (χ2n) is 5.40. The summed E-state index contributed by atoms with van der Waals surface area (Å²) in [5.41, 5.74) is 0.628. The van der Waals surface area contributed by atoms with E-state index in [2.05, 4.69) is 32.1 Å². The zero-order chi connectivity index (χ0) is 13.8. The second-order valence-corrected chi connectivity index (χ2v) is 5.40. The highest BCUT2D eigenvalue weighted by Gasteiger charge is 2.18. The van der Waals surface area contributed by atoms with Gasteiger partial charge in [0.2, 0.25) is 5.89 Å². The molecular weight excluding hydrogens is 254 g/mol. The second kappa shape index (κ2) is 6.09. The van der Waals surface area contributed by atoms with Gasteiger partial charge < -0.3 is 9.32 Å². The minimum absolute atomic E-state index is 0.453. The first-order valence-corrected chi connectivity index (χ1v) is 7.08. The van der Waals surface area contributed by atoms with Crippen molar-refractivity contribution in [2.45, 2.75) is 25.7 Å². The highest BCUT2D eigenvalue weighted by atomic mass is 16.4. The Hall–Kier alpha value is -1.82. The van der Waals surface area contributed by atoms with Crippen LogP contribution in [0.15, 0.2) is 23.0 Å². The summed E-state index contributed by atoms with van der Waals surface area (Å²) in [4.78, 5) is 10.6. The molecule has 3 rings (SSSR count). The number of piperidine rings is 1. The molecule has 0 aromatic carbocycles. The first kappa shape index (κ1) is 13.2. The fraction of sp³-hybridized carbons (Fsp3) is 0.571. The monoisotopic (exact) mass is 273 g/mol. The van der Waals surface area contributed by atoms with E-state index in [4.69, 9.17) is 4.42 Å². The Kier molecular flexibility index (Phi) is 4.01. The molecule has 1 aliphatic rings. The van der Waals surface area contributed by atoms with Crippen molar-refractivity contribution in [1.82, 2.24) is 25.1 Å². The van der Waals surface area contributed by atoms with Crippen molar-refractivity contribution in [3.8, 4) is 11.6 Å². The van der Waals surface area contributed by atoms with Crippen molar-refractivity contribution < 1.29 is 4.42 Å². The van der Waals surface area contributed by atoms with Gasteiger partial charge in [0.05, 0.1) is 6.20 Å². The lowest BCUT2D eigenvalue weighted by Crippen LogP contribution is -2.32. The molecule has 20 heavy (non-hydrogen) atoms. The maximum Gasteiger partial charge on any atom is 0.267 e. The van der Waals surface area contributed by atoms with Crippen LogP contribution in [0.4, 0.5) is 0 Å². The molecule has 0 bridgehead atoms. The smallest absolute Gasteiger partial charge is 0.267 e. The van der Waals surface area contributed by atoms with Crippen LogP contribution in [0.5, 0.6) is 0 Å². The standard InChI is InChI=1S/C14H19N5O/c1-19-8-2-3-11(10-19)4-5-13-17-18-14(20-13)12-9-15-6-7-16-12/h6-7,9,11H,2-5,8,10H2,1H3. The quantitative estimate of drug-likeness (QED) is 0.846. The third-order valence-electron chi connectivity index (χ3n) is 3.74. The first-order valence-electron chi connectivity index (χ1n) is 7.08. The molecule has 0 amide bonds. The molecule has 2 aromatic heterocycles. The summed E-state index contributed by atoms with van der Waals surface area (Å²) in [7, 11) is 2.19. The predicted octanol–water partition coefficient (Wildman–Crippen LogP) is 1.80. The van der Waals surface area contributed by atoms with E-state index in [1.807, 2.05) is 0 Å². The van der Waals surface area contributed by atoms with Gasteiger partial charge in [-0.1, -0.05) is 0 Å². The summed E-state index contributed by atoms with van der Waals surface area (Å²) in [6.45, 7) is 2.39. The summed E-state index contributed by atoms with van der Waals surface area (Å²) in [6.07, 6.45) is 9.41. The maximum absolute atomic E-state index is 5.65. The molecule has 106 valence electrons. The lowest BCUT2D eigenvalue weighted by Gasteiger charge is -2.29. The number of aryl methyl sites for hydroxylation is 1. The van der Waals surface area contributed by atoms with Crippen LogP contribution in [-0.2, 0) is 6.42 Å². The van der Waals surface area contributed by atoms with Gasteiger partial charge in [-0.2, -0.15) is 0 Å². The van der Waals surface area contributed by atoms with Gasteiger partial charge in [0.1, 0.15) is 5.69 Å². The summed E-state index contributed by atoms with van der Waals surface area (Å²) in [5, 5.41) is 8.13. The highest BCUT2D eigenvalue weighted by molar-refractivity contribution is 5.42. The summed E-state index contributed by atoms with van der Waals surface area (Å²) in [5.74, 6) is 1.88. The largest absolute Gasteiger partial charge is 0.419 e. The minimum Gasteiger partial charge on any atom is -0.419 e. The Balaban J connectivity index is 1.58. The molecule has 1 saturated heterocycles. The molecule has 0 aliphatic carbocycles. The zero-order valence-corrected chi connectivity index (χ0v) is 11.7. The van der Waals surface area contributed by atoms with E-state index in [1.54, 1.807) is 18.6 Å². The molecule has 0 spiro atoms. The van der Waals surface area contributed by atoms with Crippen molar-refractivity contribution >= 4 is 0 Å².